The second-order valence-electron chi connectivity index (χ2n) is 5.73. The summed E-state index contributed by atoms with van der Waals surface area (Å²) in [5.74, 6) is -2.07. The summed E-state index contributed by atoms with van der Waals surface area (Å²) in [7, 11) is -3.19. The Hall–Kier alpha value is -2.00. The molecule has 2 heterocycles. The monoisotopic (exact) mass is 358 g/mol. The van der Waals surface area contributed by atoms with Crippen LogP contribution in [0.25, 0.3) is 5.57 Å². The van der Waals surface area contributed by atoms with E-state index >= 15 is 0 Å². The zero-order valence-electron chi connectivity index (χ0n) is 12.7. The maximum Gasteiger partial charge on any atom is 0.414 e. The highest BCUT2D eigenvalue weighted by Crippen LogP contribution is 2.32. The number of cyclic esters (lactones) is 1. The van der Waals surface area contributed by atoms with Crippen LogP contribution in [0.15, 0.2) is 18.2 Å². The van der Waals surface area contributed by atoms with Gasteiger partial charge < -0.3 is 10.5 Å². The molecule has 2 N–H and O–H groups in total. The van der Waals surface area contributed by atoms with E-state index in [1.807, 2.05) is 0 Å². The molecular weight excluding hydrogens is 342 g/mol. The summed E-state index contributed by atoms with van der Waals surface area (Å²) in [5.41, 5.74) is 5.53. The van der Waals surface area contributed by atoms with Crippen molar-refractivity contribution in [2.45, 2.75) is 12.5 Å². The van der Waals surface area contributed by atoms with E-state index in [2.05, 4.69) is 0 Å². The topological polar surface area (TPSA) is 89.7 Å². The molecule has 0 saturated carbocycles. The van der Waals surface area contributed by atoms with E-state index in [0.717, 1.165) is 17.0 Å². The lowest BCUT2D eigenvalue weighted by atomic mass is 10.0. The molecule has 1 fully saturated rings. The van der Waals surface area contributed by atoms with Crippen LogP contribution in [0, 0.1) is 11.6 Å². The average molecular weight is 358 g/mol. The zero-order chi connectivity index (χ0) is 17.5. The third kappa shape index (κ3) is 3.13. The summed E-state index contributed by atoms with van der Waals surface area (Å²) < 4.78 is 56.6. The minimum absolute atomic E-state index is 0.0405. The van der Waals surface area contributed by atoms with Crippen LogP contribution in [0.5, 0.6) is 0 Å². The van der Waals surface area contributed by atoms with E-state index in [4.69, 9.17) is 10.5 Å². The van der Waals surface area contributed by atoms with Crippen molar-refractivity contribution in [1.82, 2.24) is 0 Å². The Balaban J connectivity index is 1.93. The molecule has 2 aliphatic heterocycles. The second kappa shape index (κ2) is 6.14. The van der Waals surface area contributed by atoms with Crippen molar-refractivity contribution in [2.75, 3.05) is 29.5 Å². The van der Waals surface area contributed by atoms with E-state index in [1.54, 1.807) is 0 Å². The third-order valence-corrected chi connectivity index (χ3v) is 5.56. The number of allylic oxidation sites excluding steroid dienone is 1. The number of halogens is 2. The fraction of sp³-hybridized carbons (Fsp3) is 0.400. The lowest BCUT2D eigenvalue weighted by Crippen LogP contribution is -2.27. The summed E-state index contributed by atoms with van der Waals surface area (Å²) >= 11 is 0. The molecule has 0 aromatic heterocycles. The first-order valence-corrected chi connectivity index (χ1v) is 9.20. The Morgan fingerprint density at radius 3 is 2.46 bits per heavy atom. The predicted octanol–water partition coefficient (Wildman–Crippen LogP) is 1.45. The molecule has 0 unspecified atom stereocenters. The number of ether oxygens (including phenoxy) is 1. The van der Waals surface area contributed by atoms with E-state index in [9.17, 15) is 22.0 Å². The Bertz CT molecular complexity index is 800. The molecule has 0 spiro atoms. The number of hydrogen-bond donors (Lipinski definition) is 1. The summed E-state index contributed by atoms with van der Waals surface area (Å²) in [6, 6.07) is 2.09. The fourth-order valence-corrected chi connectivity index (χ4v) is 3.94. The Morgan fingerprint density at radius 1 is 1.29 bits per heavy atom. The number of carbonyl (C=O) groups excluding carboxylic acids is 1. The average Bonchev–Trinajstić information content (AvgIpc) is 2.89. The van der Waals surface area contributed by atoms with E-state index in [1.165, 1.54) is 6.08 Å². The molecule has 24 heavy (non-hydrogen) atoms. The number of nitrogens with two attached hydrogens (primary N) is 1. The molecular formula is C15H16F2N2O4S. The Morgan fingerprint density at radius 2 is 1.96 bits per heavy atom. The summed E-state index contributed by atoms with van der Waals surface area (Å²) in [5, 5.41) is 0. The minimum atomic E-state index is -3.19. The highest BCUT2D eigenvalue weighted by atomic mass is 32.2. The van der Waals surface area contributed by atoms with Crippen LogP contribution in [0.3, 0.4) is 0 Å². The number of rotatable bonds is 3. The van der Waals surface area contributed by atoms with Crippen molar-refractivity contribution in [2.24, 2.45) is 5.73 Å². The van der Waals surface area contributed by atoms with Crippen LogP contribution >= 0.6 is 0 Å². The van der Waals surface area contributed by atoms with E-state index in [-0.39, 0.29) is 42.3 Å². The van der Waals surface area contributed by atoms with E-state index < -0.39 is 33.7 Å². The smallest absolute Gasteiger partial charge is 0.414 e. The second-order valence-corrected chi connectivity index (χ2v) is 7.96. The van der Waals surface area contributed by atoms with Crippen LogP contribution in [-0.4, -0.2) is 45.2 Å². The minimum Gasteiger partial charge on any atom is -0.443 e. The van der Waals surface area contributed by atoms with Gasteiger partial charge in [0.05, 0.1) is 23.7 Å². The molecule has 2 aliphatic rings. The number of sulfone groups is 1. The normalized spacial score (nSPS) is 23.1. The number of hydrogen-bond acceptors (Lipinski definition) is 5. The Labute approximate surface area is 137 Å². The molecule has 0 radical (unpaired) electrons. The summed E-state index contributed by atoms with van der Waals surface area (Å²) in [6.45, 7) is 0.237. The maximum absolute atomic E-state index is 14.4. The number of carbonyl (C=O) groups is 1. The van der Waals surface area contributed by atoms with Gasteiger partial charge in [0.1, 0.15) is 17.7 Å². The molecule has 130 valence electrons. The van der Waals surface area contributed by atoms with Gasteiger partial charge >= 0.3 is 6.09 Å². The molecule has 1 aromatic carbocycles. The van der Waals surface area contributed by atoms with Crippen LogP contribution in [0.1, 0.15) is 12.0 Å². The number of benzene rings is 1. The highest BCUT2D eigenvalue weighted by Gasteiger charge is 2.33. The highest BCUT2D eigenvalue weighted by molar-refractivity contribution is 7.91. The van der Waals surface area contributed by atoms with Crippen LogP contribution in [0.2, 0.25) is 0 Å². The molecule has 1 atom stereocenters. The van der Waals surface area contributed by atoms with Crippen molar-refractivity contribution >= 4 is 27.2 Å². The fourth-order valence-electron chi connectivity index (χ4n) is 2.78. The number of anilines is 1. The molecule has 3 rings (SSSR count). The summed E-state index contributed by atoms with van der Waals surface area (Å²) in [6.07, 6.45) is 0.153. The van der Waals surface area contributed by atoms with Gasteiger partial charge in [-0.1, -0.05) is 6.08 Å². The van der Waals surface area contributed by atoms with Gasteiger partial charge in [-0.15, -0.1) is 0 Å². The zero-order valence-corrected chi connectivity index (χ0v) is 13.5. The van der Waals surface area contributed by atoms with Gasteiger partial charge in [0, 0.05) is 12.1 Å². The van der Waals surface area contributed by atoms with Gasteiger partial charge in [0.15, 0.2) is 9.84 Å². The van der Waals surface area contributed by atoms with Crippen molar-refractivity contribution < 1.29 is 26.7 Å². The first-order chi connectivity index (χ1) is 11.3. The predicted molar refractivity (Wildman–Crippen MR) is 84.3 cm³/mol. The maximum atomic E-state index is 14.4. The van der Waals surface area contributed by atoms with Crippen molar-refractivity contribution in [3.8, 4) is 0 Å². The molecule has 0 bridgehead atoms. The third-order valence-electron chi connectivity index (χ3n) is 4.06. The lowest BCUT2D eigenvalue weighted by molar-refractivity contribution is 0.145. The van der Waals surface area contributed by atoms with Crippen LogP contribution in [-0.2, 0) is 14.6 Å². The quantitative estimate of drug-likeness (QED) is 0.883. The molecule has 0 aliphatic carbocycles. The van der Waals surface area contributed by atoms with Gasteiger partial charge in [0.2, 0.25) is 0 Å². The van der Waals surface area contributed by atoms with Gasteiger partial charge in [-0.3, -0.25) is 4.90 Å². The molecule has 1 aromatic rings. The number of nitrogens with zero attached hydrogens (tertiary/aromatic N) is 1. The number of amides is 1. The summed E-state index contributed by atoms with van der Waals surface area (Å²) in [4.78, 5) is 12.9. The molecule has 6 nitrogen and oxygen atoms in total. The first kappa shape index (κ1) is 16.8. The molecule has 9 heteroatoms. The standard InChI is InChI=1S/C15H16F2N2O4S/c16-12-5-10(19-8-11(7-18)23-15(19)20)6-13(17)14(12)9-1-3-24(21,22)4-2-9/h1,5-6,11H,2-4,7-8,18H2/t11-/m0/s1. The van der Waals surface area contributed by atoms with Crippen molar-refractivity contribution in [3.05, 3.63) is 35.4 Å². The SMILES string of the molecule is NC[C@H]1CN(c2cc(F)c(C3=CCS(=O)(=O)CC3)c(F)c2)C(=O)O1. The first-order valence-electron chi connectivity index (χ1n) is 7.38. The van der Waals surface area contributed by atoms with Crippen molar-refractivity contribution in [1.29, 1.82) is 0 Å². The molecule has 1 saturated heterocycles. The van der Waals surface area contributed by atoms with Crippen LogP contribution in [0.4, 0.5) is 19.3 Å². The largest absolute Gasteiger partial charge is 0.443 e. The van der Waals surface area contributed by atoms with E-state index in [0.29, 0.717) is 5.57 Å². The lowest BCUT2D eigenvalue weighted by Gasteiger charge is -2.18. The van der Waals surface area contributed by atoms with Crippen LogP contribution < -0.4 is 10.6 Å². The Kier molecular flexibility index (Phi) is 4.31. The molecule has 1 amide bonds. The van der Waals surface area contributed by atoms with Crippen molar-refractivity contribution in [3.63, 3.8) is 0 Å². The van der Waals surface area contributed by atoms with Gasteiger partial charge in [-0.25, -0.2) is 22.0 Å². The van der Waals surface area contributed by atoms with Gasteiger partial charge in [0.25, 0.3) is 0 Å². The van der Waals surface area contributed by atoms with Gasteiger partial charge in [-0.05, 0) is 24.1 Å². The van der Waals surface area contributed by atoms with Gasteiger partial charge in [-0.2, -0.15) is 0 Å².